The number of nitrogens with zero attached hydrogens (tertiary/aromatic N) is 1. The van der Waals surface area contributed by atoms with E-state index in [0.717, 1.165) is 22.2 Å². The molecular weight excluding hydrogens is 631 g/mol. The van der Waals surface area contributed by atoms with Crippen LogP contribution in [0.5, 0.6) is 5.75 Å². The van der Waals surface area contributed by atoms with Crippen LogP contribution in [-0.4, -0.2) is 41.6 Å². The third-order valence-electron chi connectivity index (χ3n) is 5.43. The molecule has 3 aromatic rings. The predicted octanol–water partition coefficient (Wildman–Crippen LogP) is 6.80. The van der Waals surface area contributed by atoms with Crippen molar-refractivity contribution in [3.8, 4) is 5.75 Å². The van der Waals surface area contributed by atoms with E-state index < -0.39 is 29.6 Å². The first-order valence-electron chi connectivity index (χ1n) is 11.2. The normalized spacial score (nSPS) is 14.1. The lowest BCUT2D eigenvalue weighted by molar-refractivity contribution is -0.127. The van der Waals surface area contributed by atoms with E-state index in [4.69, 9.17) is 27.9 Å². The van der Waals surface area contributed by atoms with Gasteiger partial charge in [0, 0.05) is 16.3 Å². The van der Waals surface area contributed by atoms with Crippen LogP contribution < -0.4 is 10.1 Å². The monoisotopic (exact) mass is 648 g/mol. The van der Waals surface area contributed by atoms with E-state index in [1.807, 2.05) is 18.2 Å². The highest BCUT2D eigenvalue weighted by Crippen LogP contribution is 2.34. The summed E-state index contributed by atoms with van der Waals surface area (Å²) in [4.78, 5) is 50.8. The van der Waals surface area contributed by atoms with Crippen LogP contribution >= 0.6 is 50.9 Å². The summed E-state index contributed by atoms with van der Waals surface area (Å²) in [5.74, 6) is -1.31. The molecule has 39 heavy (non-hydrogen) atoms. The van der Waals surface area contributed by atoms with Crippen LogP contribution in [0.1, 0.15) is 21.5 Å². The molecule has 0 bridgehead atoms. The maximum absolute atomic E-state index is 12.9. The van der Waals surface area contributed by atoms with Crippen molar-refractivity contribution in [2.24, 2.45) is 0 Å². The van der Waals surface area contributed by atoms with Crippen LogP contribution in [0.4, 0.5) is 10.5 Å². The number of nitrogens with one attached hydrogen (secondary N) is 1. The Morgan fingerprint density at radius 2 is 1.82 bits per heavy atom. The van der Waals surface area contributed by atoms with Crippen LogP contribution in [0.3, 0.4) is 0 Å². The third kappa shape index (κ3) is 7.02. The largest absolute Gasteiger partial charge is 0.488 e. The highest BCUT2D eigenvalue weighted by atomic mass is 79.9. The van der Waals surface area contributed by atoms with Crippen LogP contribution in [0, 0.1) is 0 Å². The van der Waals surface area contributed by atoms with Gasteiger partial charge < -0.3 is 14.8 Å². The molecule has 0 unspecified atom stereocenters. The fraction of sp³-hybridized carbons (Fsp3) is 0.111. The lowest BCUT2D eigenvalue weighted by atomic mass is 10.2. The molecular formula is C27H19BrCl2N2O6S. The van der Waals surface area contributed by atoms with Gasteiger partial charge in [-0.25, -0.2) is 4.79 Å². The zero-order chi connectivity index (χ0) is 28.1. The third-order valence-corrected chi connectivity index (χ3v) is 7.65. The molecule has 3 amide bonds. The Bertz CT molecular complexity index is 1510. The molecule has 0 atom stereocenters. The smallest absolute Gasteiger partial charge is 0.339 e. The number of hydrogen-bond donors (Lipinski definition) is 1. The maximum atomic E-state index is 12.9. The molecule has 0 aromatic heterocycles. The van der Waals surface area contributed by atoms with E-state index in [1.165, 1.54) is 25.3 Å². The molecule has 1 heterocycles. The van der Waals surface area contributed by atoms with Crippen molar-refractivity contribution >= 4 is 85.7 Å². The fourth-order valence-electron chi connectivity index (χ4n) is 3.50. The summed E-state index contributed by atoms with van der Waals surface area (Å²) in [6, 6.07) is 16.9. The van der Waals surface area contributed by atoms with Crippen LogP contribution in [0.2, 0.25) is 10.0 Å². The SMILES string of the molecule is COC(=O)c1cc(NC(=O)CN2C(=O)S/C(=C/c3ccc(OCc4ccccc4Cl)c(Br)c3)C2=O)ccc1Cl. The van der Waals surface area contributed by atoms with E-state index >= 15 is 0 Å². The van der Waals surface area contributed by atoms with Crippen LogP contribution in [-0.2, 0) is 20.9 Å². The van der Waals surface area contributed by atoms with E-state index in [-0.39, 0.29) is 27.8 Å². The van der Waals surface area contributed by atoms with Crippen molar-refractivity contribution in [1.29, 1.82) is 0 Å². The van der Waals surface area contributed by atoms with Crippen molar-refractivity contribution in [2.45, 2.75) is 6.61 Å². The molecule has 0 radical (unpaired) electrons. The average Bonchev–Trinajstić information content (AvgIpc) is 3.16. The number of hydrogen-bond acceptors (Lipinski definition) is 7. The first kappa shape index (κ1) is 28.7. The van der Waals surface area contributed by atoms with Gasteiger partial charge in [-0.05, 0) is 75.7 Å². The molecule has 1 saturated heterocycles. The van der Waals surface area contributed by atoms with Gasteiger partial charge >= 0.3 is 5.97 Å². The molecule has 1 aliphatic rings. The van der Waals surface area contributed by atoms with Gasteiger partial charge in [-0.2, -0.15) is 0 Å². The van der Waals surface area contributed by atoms with Gasteiger partial charge in [-0.1, -0.05) is 47.5 Å². The Kier molecular flexibility index (Phi) is 9.34. The molecule has 200 valence electrons. The molecule has 3 aromatic carbocycles. The summed E-state index contributed by atoms with van der Waals surface area (Å²) in [5.41, 5.74) is 1.82. The Morgan fingerprint density at radius 3 is 2.54 bits per heavy atom. The summed E-state index contributed by atoms with van der Waals surface area (Å²) in [6.45, 7) is -0.227. The quantitative estimate of drug-likeness (QED) is 0.212. The van der Waals surface area contributed by atoms with E-state index in [9.17, 15) is 19.2 Å². The Hall–Kier alpha value is -3.31. The number of ether oxygens (including phenoxy) is 2. The molecule has 12 heteroatoms. The maximum Gasteiger partial charge on any atom is 0.339 e. The molecule has 8 nitrogen and oxygen atoms in total. The second kappa shape index (κ2) is 12.7. The summed E-state index contributed by atoms with van der Waals surface area (Å²) in [5, 5.41) is 2.74. The summed E-state index contributed by atoms with van der Waals surface area (Å²) in [7, 11) is 1.21. The zero-order valence-electron chi connectivity index (χ0n) is 20.2. The molecule has 1 N–H and O–H groups in total. The lowest BCUT2D eigenvalue weighted by Crippen LogP contribution is -2.36. The Morgan fingerprint density at radius 1 is 1.05 bits per heavy atom. The number of benzene rings is 3. The number of anilines is 1. The number of halogens is 3. The number of esters is 1. The minimum absolute atomic E-state index is 0.0671. The molecule has 1 aliphatic heterocycles. The number of imide groups is 1. The van der Waals surface area contributed by atoms with E-state index in [0.29, 0.717) is 20.8 Å². The van der Waals surface area contributed by atoms with Gasteiger partial charge in [0.05, 0.1) is 27.1 Å². The molecule has 1 fully saturated rings. The standard InChI is InChI=1S/C27H19BrCl2N2O6S/c1-37-26(35)18-12-17(7-8-21(18)30)31-24(33)13-32-25(34)23(39-27(32)36)11-15-6-9-22(19(28)10-15)38-14-16-4-2-3-5-20(16)29/h2-12H,13-14H2,1H3,(H,31,33)/b23-11+. The number of rotatable bonds is 8. The lowest BCUT2D eigenvalue weighted by Gasteiger charge is -2.13. The van der Waals surface area contributed by atoms with Gasteiger partial charge in [0.1, 0.15) is 18.9 Å². The number of carbonyl (C=O) groups excluding carboxylic acids is 4. The van der Waals surface area contributed by atoms with Crippen molar-refractivity contribution in [3.05, 3.63) is 96.8 Å². The minimum atomic E-state index is -0.668. The zero-order valence-corrected chi connectivity index (χ0v) is 24.1. The minimum Gasteiger partial charge on any atom is -0.488 e. The summed E-state index contributed by atoms with van der Waals surface area (Å²) in [6.07, 6.45) is 1.56. The molecule has 4 rings (SSSR count). The second-order valence-corrected chi connectivity index (χ2v) is 10.7. The van der Waals surface area contributed by atoms with E-state index in [2.05, 4.69) is 26.0 Å². The molecule has 0 saturated carbocycles. The van der Waals surface area contributed by atoms with E-state index in [1.54, 1.807) is 30.3 Å². The highest BCUT2D eigenvalue weighted by Gasteiger charge is 2.36. The fourth-order valence-corrected chi connectivity index (χ4v) is 5.23. The first-order valence-corrected chi connectivity index (χ1v) is 13.6. The van der Waals surface area contributed by atoms with Crippen molar-refractivity contribution in [3.63, 3.8) is 0 Å². The van der Waals surface area contributed by atoms with Crippen molar-refractivity contribution < 1.29 is 28.7 Å². The molecule has 0 aliphatic carbocycles. The van der Waals surface area contributed by atoms with Gasteiger partial charge in [-0.15, -0.1) is 0 Å². The van der Waals surface area contributed by atoms with Crippen molar-refractivity contribution in [2.75, 3.05) is 19.0 Å². The average molecular weight is 650 g/mol. The molecule has 0 spiro atoms. The van der Waals surface area contributed by atoms with Crippen LogP contribution in [0.25, 0.3) is 6.08 Å². The van der Waals surface area contributed by atoms with Gasteiger partial charge in [0.2, 0.25) is 5.91 Å². The number of thioether (sulfide) groups is 1. The topological polar surface area (TPSA) is 102 Å². The highest BCUT2D eigenvalue weighted by molar-refractivity contribution is 9.10. The number of amides is 3. The van der Waals surface area contributed by atoms with Gasteiger partial charge in [-0.3, -0.25) is 19.3 Å². The first-order chi connectivity index (χ1) is 18.7. The van der Waals surface area contributed by atoms with Crippen LogP contribution in [0.15, 0.2) is 70.0 Å². The Labute approximate surface area is 246 Å². The summed E-state index contributed by atoms with van der Waals surface area (Å²) >= 11 is 16.4. The number of methoxy groups -OCH3 is 1. The van der Waals surface area contributed by atoms with Crippen molar-refractivity contribution in [1.82, 2.24) is 4.90 Å². The summed E-state index contributed by atoms with van der Waals surface area (Å²) < 4.78 is 11.2. The van der Waals surface area contributed by atoms with Gasteiger partial charge in [0.25, 0.3) is 11.1 Å². The Balaban J connectivity index is 1.40. The second-order valence-electron chi connectivity index (χ2n) is 8.07. The predicted molar refractivity (Wildman–Crippen MR) is 154 cm³/mol. The van der Waals surface area contributed by atoms with Gasteiger partial charge in [0.15, 0.2) is 0 Å². The number of carbonyl (C=O) groups is 4.